The zero-order chi connectivity index (χ0) is 10.8. The Labute approximate surface area is 84.6 Å². The van der Waals surface area contributed by atoms with Crippen molar-refractivity contribution in [1.29, 1.82) is 5.26 Å². The van der Waals surface area contributed by atoms with Crippen molar-refractivity contribution < 1.29 is 13.6 Å². The maximum atomic E-state index is 12.9. The minimum atomic E-state index is -0.673. The van der Waals surface area contributed by atoms with E-state index >= 15 is 0 Å². The first-order valence-electron chi connectivity index (χ1n) is 4.28. The molecule has 0 fully saturated rings. The molecule has 1 atom stereocenters. The van der Waals surface area contributed by atoms with Crippen molar-refractivity contribution >= 4 is 5.71 Å². The summed E-state index contributed by atoms with van der Waals surface area (Å²) in [6.45, 7) is 0. The average molecular weight is 208 g/mol. The predicted octanol–water partition coefficient (Wildman–Crippen LogP) is 1.98. The van der Waals surface area contributed by atoms with Crippen LogP contribution in [0, 0.1) is 23.0 Å². The zero-order valence-electron chi connectivity index (χ0n) is 7.58. The molecule has 0 radical (unpaired) electrons. The highest BCUT2D eigenvalue weighted by Gasteiger charge is 2.22. The van der Waals surface area contributed by atoms with E-state index in [0.29, 0.717) is 11.3 Å². The fourth-order valence-corrected chi connectivity index (χ4v) is 1.34. The SMILES string of the molecule is N#C[C@@H]1CC(c2cc(F)cc(F)c2)=NO1. The minimum absolute atomic E-state index is 0.249. The molecular weight excluding hydrogens is 202 g/mol. The van der Waals surface area contributed by atoms with Crippen molar-refractivity contribution in [2.75, 3.05) is 0 Å². The first-order chi connectivity index (χ1) is 7.19. The number of hydrogen-bond donors (Lipinski definition) is 0. The first kappa shape index (κ1) is 9.59. The molecule has 0 saturated heterocycles. The maximum absolute atomic E-state index is 12.9. The number of nitrogens with zero attached hydrogens (tertiary/aromatic N) is 2. The van der Waals surface area contributed by atoms with E-state index in [1.54, 1.807) is 0 Å². The van der Waals surface area contributed by atoms with Crippen molar-refractivity contribution in [2.24, 2.45) is 5.16 Å². The van der Waals surface area contributed by atoms with Crippen LogP contribution < -0.4 is 0 Å². The third-order valence-corrected chi connectivity index (χ3v) is 2.01. The van der Waals surface area contributed by atoms with Gasteiger partial charge in [-0.15, -0.1) is 0 Å². The van der Waals surface area contributed by atoms with Crippen LogP contribution in [-0.2, 0) is 4.84 Å². The molecule has 5 heteroatoms. The van der Waals surface area contributed by atoms with Gasteiger partial charge in [0.15, 0.2) is 0 Å². The summed E-state index contributed by atoms with van der Waals surface area (Å²) in [6, 6.07) is 4.96. The standard InChI is InChI=1S/C10H6F2N2O/c11-7-1-6(2-8(12)3-7)10-4-9(5-13)15-14-10/h1-3,9H,4H2/t9-/m0/s1. The second kappa shape index (κ2) is 3.65. The van der Waals surface area contributed by atoms with Gasteiger partial charge in [-0.2, -0.15) is 5.26 Å². The molecule has 1 aliphatic rings. The molecule has 0 amide bonds. The molecule has 1 aromatic rings. The van der Waals surface area contributed by atoms with Crippen LogP contribution in [-0.4, -0.2) is 11.8 Å². The third kappa shape index (κ3) is 1.94. The second-order valence-corrected chi connectivity index (χ2v) is 3.12. The molecular formula is C10H6F2N2O. The second-order valence-electron chi connectivity index (χ2n) is 3.12. The first-order valence-corrected chi connectivity index (χ1v) is 4.28. The van der Waals surface area contributed by atoms with Crippen LogP contribution in [0.1, 0.15) is 12.0 Å². The van der Waals surface area contributed by atoms with Gasteiger partial charge in [0.05, 0.1) is 5.71 Å². The number of oxime groups is 1. The zero-order valence-corrected chi connectivity index (χ0v) is 7.58. The molecule has 2 rings (SSSR count). The van der Waals surface area contributed by atoms with E-state index in [9.17, 15) is 8.78 Å². The molecule has 15 heavy (non-hydrogen) atoms. The maximum Gasteiger partial charge on any atom is 0.218 e. The average Bonchev–Trinajstić information content (AvgIpc) is 2.64. The van der Waals surface area contributed by atoms with Crippen LogP contribution in [0.25, 0.3) is 0 Å². The van der Waals surface area contributed by atoms with Gasteiger partial charge >= 0.3 is 0 Å². The number of hydrogen-bond acceptors (Lipinski definition) is 3. The van der Waals surface area contributed by atoms with Gasteiger partial charge < -0.3 is 4.84 Å². The van der Waals surface area contributed by atoms with E-state index < -0.39 is 17.7 Å². The minimum Gasteiger partial charge on any atom is -0.376 e. The lowest BCUT2D eigenvalue weighted by atomic mass is 10.1. The molecule has 0 spiro atoms. The Morgan fingerprint density at radius 1 is 1.33 bits per heavy atom. The molecule has 76 valence electrons. The normalized spacial score (nSPS) is 19.3. The summed E-state index contributed by atoms with van der Waals surface area (Å²) in [4.78, 5) is 4.73. The molecule has 3 nitrogen and oxygen atoms in total. The quantitative estimate of drug-likeness (QED) is 0.708. The van der Waals surface area contributed by atoms with E-state index in [1.807, 2.05) is 6.07 Å². The van der Waals surface area contributed by atoms with Crippen LogP contribution in [0.3, 0.4) is 0 Å². The van der Waals surface area contributed by atoms with Crippen LogP contribution in [0.15, 0.2) is 23.4 Å². The summed E-state index contributed by atoms with van der Waals surface area (Å²) in [5, 5.41) is 12.1. The lowest BCUT2D eigenvalue weighted by molar-refractivity contribution is 0.125. The van der Waals surface area contributed by atoms with Crippen LogP contribution in [0.4, 0.5) is 8.78 Å². The highest BCUT2D eigenvalue weighted by atomic mass is 19.1. The summed E-state index contributed by atoms with van der Waals surface area (Å²) in [5.41, 5.74) is 0.699. The molecule has 0 saturated carbocycles. The lowest BCUT2D eigenvalue weighted by Gasteiger charge is -1.99. The Bertz CT molecular complexity index is 445. The summed E-state index contributed by atoms with van der Waals surface area (Å²) >= 11 is 0. The topological polar surface area (TPSA) is 45.4 Å². The molecule has 0 aromatic heterocycles. The van der Waals surface area contributed by atoms with E-state index in [1.165, 1.54) is 0 Å². The summed E-state index contributed by atoms with van der Waals surface area (Å²) in [6.07, 6.45) is -0.411. The van der Waals surface area contributed by atoms with Gasteiger partial charge in [0.1, 0.15) is 17.7 Å². The number of halogens is 2. The fourth-order valence-electron chi connectivity index (χ4n) is 1.34. The van der Waals surface area contributed by atoms with Gasteiger partial charge in [-0.3, -0.25) is 0 Å². The lowest BCUT2D eigenvalue weighted by Crippen LogP contribution is -2.05. The number of nitriles is 1. The summed E-state index contributed by atoms with van der Waals surface area (Å²) in [5.74, 6) is -1.35. The van der Waals surface area contributed by atoms with Crippen molar-refractivity contribution in [3.05, 3.63) is 35.4 Å². The smallest absolute Gasteiger partial charge is 0.218 e. The van der Waals surface area contributed by atoms with Crippen molar-refractivity contribution in [2.45, 2.75) is 12.5 Å². The van der Waals surface area contributed by atoms with E-state index in [-0.39, 0.29) is 6.42 Å². The molecule has 0 aliphatic carbocycles. The highest BCUT2D eigenvalue weighted by molar-refractivity contribution is 6.01. The van der Waals surface area contributed by atoms with E-state index in [0.717, 1.165) is 18.2 Å². The van der Waals surface area contributed by atoms with E-state index in [2.05, 4.69) is 5.16 Å². The molecule has 1 aliphatic heterocycles. The molecule has 0 N–H and O–H groups in total. The van der Waals surface area contributed by atoms with Gasteiger partial charge in [-0.25, -0.2) is 8.78 Å². The van der Waals surface area contributed by atoms with Crippen molar-refractivity contribution in [3.63, 3.8) is 0 Å². The van der Waals surface area contributed by atoms with Crippen LogP contribution >= 0.6 is 0 Å². The van der Waals surface area contributed by atoms with Crippen LogP contribution in [0.2, 0.25) is 0 Å². The summed E-state index contributed by atoms with van der Waals surface area (Å²) < 4.78 is 25.7. The molecule has 0 bridgehead atoms. The largest absolute Gasteiger partial charge is 0.376 e. The predicted molar refractivity (Wildman–Crippen MR) is 48.0 cm³/mol. The Morgan fingerprint density at radius 3 is 2.53 bits per heavy atom. The summed E-state index contributed by atoms with van der Waals surface area (Å²) in [7, 11) is 0. The van der Waals surface area contributed by atoms with Crippen molar-refractivity contribution in [1.82, 2.24) is 0 Å². The Balaban J connectivity index is 2.28. The highest BCUT2D eigenvalue weighted by Crippen LogP contribution is 2.17. The third-order valence-electron chi connectivity index (χ3n) is 2.01. The van der Waals surface area contributed by atoms with Crippen molar-refractivity contribution in [3.8, 4) is 6.07 Å². The molecule has 0 unspecified atom stereocenters. The van der Waals surface area contributed by atoms with Crippen LogP contribution in [0.5, 0.6) is 0 Å². The fraction of sp³-hybridized carbons (Fsp3) is 0.200. The van der Waals surface area contributed by atoms with E-state index in [4.69, 9.17) is 10.1 Å². The number of rotatable bonds is 1. The number of benzene rings is 1. The Hall–Kier alpha value is -1.96. The van der Waals surface area contributed by atoms with Gasteiger partial charge in [0.25, 0.3) is 0 Å². The molecule has 1 heterocycles. The van der Waals surface area contributed by atoms with Gasteiger partial charge in [-0.1, -0.05) is 5.16 Å². The van der Waals surface area contributed by atoms with Gasteiger partial charge in [0.2, 0.25) is 6.10 Å². The molecule has 1 aromatic carbocycles. The van der Waals surface area contributed by atoms with Gasteiger partial charge in [0, 0.05) is 18.1 Å². The Kier molecular flexibility index (Phi) is 2.34. The van der Waals surface area contributed by atoms with Gasteiger partial charge in [-0.05, 0) is 12.1 Å². The monoisotopic (exact) mass is 208 g/mol. The Morgan fingerprint density at radius 2 is 2.00 bits per heavy atom.